The Labute approximate surface area is 236 Å². The van der Waals surface area contributed by atoms with Gasteiger partial charge in [0, 0.05) is 28.7 Å². The molecule has 0 saturated carbocycles. The Hall–Kier alpha value is -6.04. The van der Waals surface area contributed by atoms with E-state index in [1.54, 1.807) is 36.7 Å². The van der Waals surface area contributed by atoms with E-state index in [-0.39, 0.29) is 0 Å². The standard InChI is InChI=1S/C36H20N4O/c1-38-30-15-17-40-34(21-30)27-8-4-25(5-9-27)29-11-13-32-31-12-10-28(19-35(31)41-36(32)20-29)24-2-6-26(7-3-24)33-18-23(22-37)14-16-39-33/h2-21H. The van der Waals surface area contributed by atoms with Gasteiger partial charge in [-0.3, -0.25) is 9.97 Å². The molecular weight excluding hydrogens is 504 g/mol. The first-order valence-corrected chi connectivity index (χ1v) is 13.1. The van der Waals surface area contributed by atoms with E-state index < -0.39 is 0 Å². The monoisotopic (exact) mass is 524 g/mol. The maximum atomic E-state index is 9.18. The fraction of sp³-hybridized carbons (Fsp3) is 0. The molecule has 5 nitrogen and oxygen atoms in total. The first kappa shape index (κ1) is 24.0. The van der Waals surface area contributed by atoms with Crippen LogP contribution in [0.4, 0.5) is 5.69 Å². The van der Waals surface area contributed by atoms with Crippen molar-refractivity contribution in [2.75, 3.05) is 0 Å². The zero-order chi connectivity index (χ0) is 27.8. The van der Waals surface area contributed by atoms with Gasteiger partial charge in [-0.25, -0.2) is 4.85 Å². The van der Waals surface area contributed by atoms with Crippen LogP contribution >= 0.6 is 0 Å². The summed E-state index contributed by atoms with van der Waals surface area (Å²) in [5.41, 5.74) is 10.6. The SMILES string of the molecule is [C-]#[N+]c1ccnc(-c2ccc(-c3ccc4c(c3)oc3cc(-c5ccc(-c6cc(C#N)ccn6)cc5)ccc34)cc2)c1. The van der Waals surface area contributed by atoms with Crippen LogP contribution in [0.5, 0.6) is 0 Å². The normalized spacial score (nSPS) is 10.9. The minimum absolute atomic E-state index is 0.578. The van der Waals surface area contributed by atoms with Crippen LogP contribution in [0.1, 0.15) is 5.56 Å². The Bertz CT molecular complexity index is 2010. The topological polar surface area (TPSA) is 67.1 Å². The third-order valence-corrected chi connectivity index (χ3v) is 7.26. The smallest absolute Gasteiger partial charge is 0.190 e. The average Bonchev–Trinajstić information content (AvgIpc) is 3.42. The lowest BCUT2D eigenvalue weighted by molar-refractivity contribution is 0.669. The van der Waals surface area contributed by atoms with Gasteiger partial charge in [0.25, 0.3) is 0 Å². The molecule has 41 heavy (non-hydrogen) atoms. The van der Waals surface area contributed by atoms with Crippen molar-refractivity contribution in [3.63, 3.8) is 0 Å². The van der Waals surface area contributed by atoms with Gasteiger partial charge in [-0.2, -0.15) is 5.26 Å². The average molecular weight is 525 g/mol. The van der Waals surface area contributed by atoms with Crippen molar-refractivity contribution in [1.82, 2.24) is 9.97 Å². The number of rotatable bonds is 4. The predicted molar refractivity (Wildman–Crippen MR) is 162 cm³/mol. The number of aromatic nitrogens is 2. The molecule has 0 amide bonds. The molecule has 0 aliphatic heterocycles. The number of pyridine rings is 2. The van der Waals surface area contributed by atoms with E-state index in [2.05, 4.69) is 81.5 Å². The van der Waals surface area contributed by atoms with Gasteiger partial charge in [0.15, 0.2) is 5.69 Å². The summed E-state index contributed by atoms with van der Waals surface area (Å²) in [5, 5.41) is 11.3. The molecule has 0 spiro atoms. The van der Waals surface area contributed by atoms with E-state index in [0.717, 1.165) is 66.7 Å². The molecule has 0 fully saturated rings. The maximum absolute atomic E-state index is 9.18. The third kappa shape index (κ3) is 4.48. The van der Waals surface area contributed by atoms with Gasteiger partial charge >= 0.3 is 0 Å². The van der Waals surface area contributed by atoms with E-state index in [9.17, 15) is 5.26 Å². The second kappa shape index (κ2) is 9.93. The van der Waals surface area contributed by atoms with Gasteiger partial charge in [-0.15, -0.1) is 0 Å². The van der Waals surface area contributed by atoms with Crippen LogP contribution in [0.15, 0.2) is 126 Å². The summed E-state index contributed by atoms with van der Waals surface area (Å²) in [4.78, 5) is 12.3. The zero-order valence-corrected chi connectivity index (χ0v) is 21.7. The third-order valence-electron chi connectivity index (χ3n) is 7.26. The highest BCUT2D eigenvalue weighted by molar-refractivity contribution is 6.07. The molecule has 0 saturated heterocycles. The molecule has 0 bridgehead atoms. The number of hydrogen-bond donors (Lipinski definition) is 0. The van der Waals surface area contributed by atoms with Gasteiger partial charge in [0.1, 0.15) is 11.2 Å². The van der Waals surface area contributed by atoms with Crippen molar-refractivity contribution >= 4 is 27.6 Å². The van der Waals surface area contributed by atoms with Crippen molar-refractivity contribution in [3.8, 4) is 50.8 Å². The summed E-state index contributed by atoms with van der Waals surface area (Å²) < 4.78 is 6.34. The number of benzene rings is 4. The van der Waals surface area contributed by atoms with Gasteiger partial charge in [0.2, 0.25) is 0 Å². The molecule has 4 aromatic carbocycles. The van der Waals surface area contributed by atoms with Gasteiger partial charge in [-0.05, 0) is 76.3 Å². The lowest BCUT2D eigenvalue weighted by atomic mass is 9.99. The molecule has 3 aromatic heterocycles. The summed E-state index contributed by atoms with van der Waals surface area (Å²) in [6, 6.07) is 38.2. The maximum Gasteiger partial charge on any atom is 0.190 e. The van der Waals surface area contributed by atoms with Crippen molar-refractivity contribution in [2.45, 2.75) is 0 Å². The Morgan fingerprint density at radius 3 is 1.59 bits per heavy atom. The number of nitriles is 1. The summed E-state index contributed by atoms with van der Waals surface area (Å²) in [6.07, 6.45) is 3.33. The molecule has 5 heteroatoms. The first-order valence-electron chi connectivity index (χ1n) is 13.1. The van der Waals surface area contributed by atoms with Crippen molar-refractivity contribution in [2.24, 2.45) is 0 Å². The van der Waals surface area contributed by atoms with Crippen molar-refractivity contribution < 1.29 is 4.42 Å². The number of fused-ring (bicyclic) bond motifs is 3. The van der Waals surface area contributed by atoms with E-state index in [1.807, 2.05) is 24.3 Å². The summed E-state index contributed by atoms with van der Waals surface area (Å²) >= 11 is 0. The molecule has 0 aliphatic carbocycles. The predicted octanol–water partition coefficient (Wildman–Crippen LogP) is 9.47. The molecule has 0 N–H and O–H groups in total. The molecule has 7 aromatic rings. The Morgan fingerprint density at radius 1 is 0.561 bits per heavy atom. The number of furan rings is 1. The molecule has 190 valence electrons. The molecular formula is C36H20N4O. The fourth-order valence-corrected chi connectivity index (χ4v) is 5.11. The molecule has 0 atom stereocenters. The van der Waals surface area contributed by atoms with Crippen molar-refractivity contribution in [1.29, 1.82) is 5.26 Å². The van der Waals surface area contributed by atoms with Crippen LogP contribution in [0.2, 0.25) is 0 Å². The van der Waals surface area contributed by atoms with E-state index in [4.69, 9.17) is 11.0 Å². The minimum atomic E-state index is 0.578. The lowest BCUT2D eigenvalue weighted by Gasteiger charge is -2.05. The number of nitrogens with zero attached hydrogens (tertiary/aromatic N) is 4. The highest BCUT2D eigenvalue weighted by Gasteiger charge is 2.11. The van der Waals surface area contributed by atoms with Crippen LogP contribution in [-0.4, -0.2) is 9.97 Å². The first-order chi connectivity index (χ1) is 20.2. The summed E-state index contributed by atoms with van der Waals surface area (Å²) in [5.74, 6) is 0. The van der Waals surface area contributed by atoms with Crippen LogP contribution in [0, 0.1) is 17.9 Å². The van der Waals surface area contributed by atoms with Crippen molar-refractivity contribution in [3.05, 3.63) is 139 Å². The zero-order valence-electron chi connectivity index (χ0n) is 21.7. The van der Waals surface area contributed by atoms with Crippen LogP contribution in [0.3, 0.4) is 0 Å². The molecule has 7 rings (SSSR count). The largest absolute Gasteiger partial charge is 0.456 e. The second-order valence-corrected chi connectivity index (χ2v) is 9.73. The highest BCUT2D eigenvalue weighted by atomic mass is 16.3. The Morgan fingerprint density at radius 2 is 1.05 bits per heavy atom. The van der Waals surface area contributed by atoms with Crippen LogP contribution in [-0.2, 0) is 0 Å². The van der Waals surface area contributed by atoms with Crippen LogP contribution < -0.4 is 0 Å². The molecule has 3 heterocycles. The van der Waals surface area contributed by atoms with E-state index in [0.29, 0.717) is 11.3 Å². The van der Waals surface area contributed by atoms with E-state index in [1.165, 1.54) is 0 Å². The quantitative estimate of drug-likeness (QED) is 0.215. The Kier molecular flexibility index (Phi) is 5.82. The van der Waals surface area contributed by atoms with Gasteiger partial charge < -0.3 is 4.42 Å². The van der Waals surface area contributed by atoms with Crippen LogP contribution in [0.25, 0.3) is 71.6 Å². The summed E-state index contributed by atoms with van der Waals surface area (Å²) in [7, 11) is 0. The molecule has 0 radical (unpaired) electrons. The van der Waals surface area contributed by atoms with E-state index >= 15 is 0 Å². The van der Waals surface area contributed by atoms with Gasteiger partial charge in [-0.1, -0.05) is 60.7 Å². The molecule has 0 unspecified atom stereocenters. The highest BCUT2D eigenvalue weighted by Crippen LogP contribution is 2.35. The fourth-order valence-electron chi connectivity index (χ4n) is 5.11. The van der Waals surface area contributed by atoms with Gasteiger partial charge in [0.05, 0.1) is 29.6 Å². The number of hydrogen-bond acceptors (Lipinski definition) is 4. The summed E-state index contributed by atoms with van der Waals surface area (Å²) in [6.45, 7) is 7.24. The Balaban J connectivity index is 1.18. The lowest BCUT2D eigenvalue weighted by Crippen LogP contribution is -1.85. The molecule has 0 aliphatic rings. The second-order valence-electron chi connectivity index (χ2n) is 9.73. The minimum Gasteiger partial charge on any atom is -0.456 e.